The maximum absolute atomic E-state index is 11.6. The number of aromatic nitrogens is 1. The number of nitrogens with zero attached hydrogens (tertiary/aromatic N) is 1. The van der Waals surface area contributed by atoms with Crippen LogP contribution in [0.4, 0.5) is 5.69 Å². The zero-order valence-electron chi connectivity index (χ0n) is 10.1. The predicted molar refractivity (Wildman–Crippen MR) is 74.4 cm³/mol. The van der Waals surface area contributed by atoms with Gasteiger partial charge in [-0.15, -0.1) is 11.3 Å². The summed E-state index contributed by atoms with van der Waals surface area (Å²) in [5, 5.41) is 5.69. The van der Waals surface area contributed by atoms with Gasteiger partial charge in [0.2, 0.25) is 5.91 Å². The molecule has 4 nitrogen and oxygen atoms in total. The Labute approximate surface area is 110 Å². The lowest BCUT2D eigenvalue weighted by Gasteiger charge is -2.10. The molecule has 0 bridgehead atoms. The van der Waals surface area contributed by atoms with Crippen molar-refractivity contribution in [3.05, 3.63) is 35.8 Å². The van der Waals surface area contributed by atoms with Crippen molar-refractivity contribution < 1.29 is 4.79 Å². The summed E-state index contributed by atoms with van der Waals surface area (Å²) in [4.78, 5) is 15.8. The highest BCUT2D eigenvalue weighted by Crippen LogP contribution is 2.23. The maximum Gasteiger partial charge on any atom is 0.241 e. The molecule has 2 aromatic rings. The lowest BCUT2D eigenvalue weighted by molar-refractivity contribution is -0.117. The van der Waals surface area contributed by atoms with E-state index >= 15 is 0 Å². The van der Waals surface area contributed by atoms with Gasteiger partial charge in [-0.2, -0.15) is 0 Å². The van der Waals surface area contributed by atoms with Gasteiger partial charge in [0.05, 0.1) is 6.04 Å². The van der Waals surface area contributed by atoms with E-state index in [0.29, 0.717) is 6.42 Å². The zero-order chi connectivity index (χ0) is 13.0. The summed E-state index contributed by atoms with van der Waals surface area (Å²) in [6.45, 7) is 1.88. The number of anilines is 1. The summed E-state index contributed by atoms with van der Waals surface area (Å²) in [5.74, 6) is -0.153. The minimum Gasteiger partial charge on any atom is -0.325 e. The zero-order valence-corrected chi connectivity index (χ0v) is 10.9. The van der Waals surface area contributed by atoms with Crippen LogP contribution in [0, 0.1) is 0 Å². The smallest absolute Gasteiger partial charge is 0.241 e. The van der Waals surface area contributed by atoms with Crippen LogP contribution < -0.4 is 11.1 Å². The number of hydrogen-bond donors (Lipinski definition) is 2. The van der Waals surface area contributed by atoms with Crippen LogP contribution in [0.3, 0.4) is 0 Å². The molecule has 2 rings (SSSR count). The summed E-state index contributed by atoms with van der Waals surface area (Å²) in [6.07, 6.45) is 2.40. The molecule has 0 radical (unpaired) electrons. The van der Waals surface area contributed by atoms with E-state index in [-0.39, 0.29) is 5.91 Å². The number of carbonyl (C=O) groups excluding carboxylic acids is 1. The first-order valence-electron chi connectivity index (χ1n) is 5.77. The van der Waals surface area contributed by atoms with Crippen LogP contribution in [0.25, 0.3) is 10.6 Å². The van der Waals surface area contributed by atoms with Crippen molar-refractivity contribution in [2.24, 2.45) is 5.73 Å². The topological polar surface area (TPSA) is 68.0 Å². The second-order valence-electron chi connectivity index (χ2n) is 3.92. The molecule has 0 aliphatic heterocycles. The number of carbonyl (C=O) groups is 1. The van der Waals surface area contributed by atoms with Crippen molar-refractivity contribution in [2.45, 2.75) is 19.4 Å². The van der Waals surface area contributed by atoms with E-state index in [1.165, 1.54) is 0 Å². The molecule has 1 unspecified atom stereocenters. The Kier molecular flexibility index (Phi) is 4.07. The van der Waals surface area contributed by atoms with Crippen molar-refractivity contribution in [1.82, 2.24) is 4.98 Å². The Balaban J connectivity index is 2.06. The van der Waals surface area contributed by atoms with Crippen molar-refractivity contribution in [2.75, 3.05) is 5.32 Å². The number of thiazole rings is 1. The first kappa shape index (κ1) is 12.7. The largest absolute Gasteiger partial charge is 0.325 e. The van der Waals surface area contributed by atoms with Gasteiger partial charge >= 0.3 is 0 Å². The Morgan fingerprint density at radius 1 is 1.44 bits per heavy atom. The van der Waals surface area contributed by atoms with E-state index in [0.717, 1.165) is 16.3 Å². The van der Waals surface area contributed by atoms with Crippen molar-refractivity contribution in [1.29, 1.82) is 0 Å². The average molecular weight is 261 g/mol. The van der Waals surface area contributed by atoms with Gasteiger partial charge in [0.25, 0.3) is 0 Å². The highest BCUT2D eigenvalue weighted by molar-refractivity contribution is 7.13. The third-order valence-corrected chi connectivity index (χ3v) is 3.43. The van der Waals surface area contributed by atoms with E-state index in [1.807, 2.05) is 36.6 Å². The molecular weight excluding hydrogens is 246 g/mol. The van der Waals surface area contributed by atoms with Gasteiger partial charge < -0.3 is 11.1 Å². The molecule has 18 heavy (non-hydrogen) atoms. The van der Waals surface area contributed by atoms with Crippen LogP contribution in [-0.4, -0.2) is 16.9 Å². The molecule has 1 amide bonds. The quantitative estimate of drug-likeness (QED) is 0.888. The molecule has 1 atom stereocenters. The molecule has 0 spiro atoms. The molecule has 1 heterocycles. The van der Waals surface area contributed by atoms with Crippen LogP contribution in [0.2, 0.25) is 0 Å². The highest BCUT2D eigenvalue weighted by Gasteiger charge is 2.10. The van der Waals surface area contributed by atoms with Gasteiger partial charge in [-0.25, -0.2) is 4.98 Å². The van der Waals surface area contributed by atoms with Crippen LogP contribution in [0.15, 0.2) is 35.8 Å². The fourth-order valence-corrected chi connectivity index (χ4v) is 2.13. The first-order valence-corrected chi connectivity index (χ1v) is 6.65. The summed E-state index contributed by atoms with van der Waals surface area (Å²) in [6, 6.07) is 7.13. The number of nitrogens with two attached hydrogens (primary N) is 1. The third kappa shape index (κ3) is 2.94. The number of rotatable bonds is 4. The summed E-state index contributed by atoms with van der Waals surface area (Å²) in [5.41, 5.74) is 7.45. The van der Waals surface area contributed by atoms with Crippen LogP contribution in [0.5, 0.6) is 0 Å². The van der Waals surface area contributed by atoms with E-state index < -0.39 is 6.04 Å². The minimum atomic E-state index is -0.455. The van der Waals surface area contributed by atoms with E-state index in [2.05, 4.69) is 10.3 Å². The Morgan fingerprint density at radius 3 is 2.72 bits per heavy atom. The van der Waals surface area contributed by atoms with Crippen LogP contribution in [-0.2, 0) is 4.79 Å². The SMILES string of the molecule is CCC(N)C(=O)Nc1ccc(-c2nccs2)cc1. The van der Waals surface area contributed by atoms with Gasteiger partial charge in [-0.3, -0.25) is 4.79 Å². The molecule has 0 saturated carbocycles. The number of benzene rings is 1. The summed E-state index contributed by atoms with van der Waals surface area (Å²) >= 11 is 1.59. The molecule has 3 N–H and O–H groups in total. The van der Waals surface area contributed by atoms with Gasteiger partial charge in [-0.05, 0) is 30.7 Å². The molecule has 5 heteroatoms. The molecule has 1 aromatic heterocycles. The Morgan fingerprint density at radius 2 is 2.17 bits per heavy atom. The van der Waals surface area contributed by atoms with Crippen LogP contribution >= 0.6 is 11.3 Å². The second-order valence-corrected chi connectivity index (χ2v) is 4.81. The van der Waals surface area contributed by atoms with E-state index in [1.54, 1.807) is 17.5 Å². The lowest BCUT2D eigenvalue weighted by Crippen LogP contribution is -2.34. The summed E-state index contributed by atoms with van der Waals surface area (Å²) in [7, 11) is 0. The normalized spacial score (nSPS) is 12.1. The van der Waals surface area contributed by atoms with E-state index in [9.17, 15) is 4.79 Å². The lowest BCUT2D eigenvalue weighted by atomic mass is 10.2. The van der Waals surface area contributed by atoms with Crippen molar-refractivity contribution in [3.63, 3.8) is 0 Å². The molecule has 0 saturated heterocycles. The molecule has 0 aliphatic carbocycles. The molecule has 94 valence electrons. The predicted octanol–water partition coefficient (Wildman–Crippen LogP) is 2.49. The molecule has 1 aromatic carbocycles. The first-order chi connectivity index (χ1) is 8.70. The van der Waals surface area contributed by atoms with Crippen LogP contribution in [0.1, 0.15) is 13.3 Å². The van der Waals surface area contributed by atoms with Gasteiger partial charge in [0, 0.05) is 22.8 Å². The second kappa shape index (κ2) is 5.75. The number of nitrogens with one attached hydrogen (secondary N) is 1. The highest BCUT2D eigenvalue weighted by atomic mass is 32.1. The monoisotopic (exact) mass is 261 g/mol. The molecular formula is C13H15N3OS. The molecule has 0 fully saturated rings. The fourth-order valence-electron chi connectivity index (χ4n) is 1.48. The summed E-state index contributed by atoms with van der Waals surface area (Å²) < 4.78 is 0. The third-order valence-electron chi connectivity index (χ3n) is 2.61. The Bertz CT molecular complexity index is 508. The van der Waals surface area contributed by atoms with Gasteiger partial charge in [0.15, 0.2) is 0 Å². The standard InChI is InChI=1S/C13H15N3OS/c1-2-11(14)12(17)16-10-5-3-9(4-6-10)13-15-7-8-18-13/h3-8,11H,2,14H2,1H3,(H,16,17). The fraction of sp³-hybridized carbons (Fsp3) is 0.231. The minimum absolute atomic E-state index is 0.153. The van der Waals surface area contributed by atoms with Crippen molar-refractivity contribution in [3.8, 4) is 10.6 Å². The maximum atomic E-state index is 11.6. The Hall–Kier alpha value is -1.72. The average Bonchev–Trinajstić information content (AvgIpc) is 2.92. The van der Waals surface area contributed by atoms with Crippen molar-refractivity contribution >= 4 is 22.9 Å². The van der Waals surface area contributed by atoms with Gasteiger partial charge in [-0.1, -0.05) is 6.92 Å². The number of amides is 1. The van der Waals surface area contributed by atoms with E-state index in [4.69, 9.17) is 5.73 Å². The number of hydrogen-bond acceptors (Lipinski definition) is 4. The molecule has 0 aliphatic rings. The van der Waals surface area contributed by atoms with Gasteiger partial charge in [0.1, 0.15) is 5.01 Å².